The Morgan fingerprint density at radius 1 is 0.958 bits per heavy atom. The van der Waals surface area contributed by atoms with Gasteiger partial charge in [-0.1, -0.05) is 26.1 Å². The Morgan fingerprint density at radius 3 is 2.46 bits per heavy atom. The van der Waals surface area contributed by atoms with Crippen LogP contribution in [0.5, 0.6) is 0 Å². The second-order valence-corrected chi connectivity index (χ2v) is 10.8. The van der Waals surface area contributed by atoms with E-state index >= 15 is 0 Å². The minimum Gasteiger partial charge on any atom is -0.375 e. The smallest absolute Gasteiger partial charge is 0.0635 e. The molecule has 0 aromatic rings. The third kappa shape index (κ3) is 2.54. The highest BCUT2D eigenvalue weighted by Crippen LogP contribution is 2.66. The molecule has 0 heterocycles. The predicted molar refractivity (Wildman–Crippen MR) is 104 cm³/mol. The molecule has 0 spiro atoms. The molecule has 0 aliphatic heterocycles. The zero-order valence-corrected chi connectivity index (χ0v) is 17.0. The Kier molecular flexibility index (Phi) is 4.40. The Hall–Kier alpha value is 0.0500. The first-order chi connectivity index (χ1) is 11.3. The molecule has 136 valence electrons. The minimum absolute atomic E-state index is 0.371. The zero-order chi connectivity index (χ0) is 17.1. The maximum absolute atomic E-state index is 6.39. The predicted octanol–water partition coefficient (Wildman–Crippen LogP) is 6.19. The third-order valence-electron chi connectivity index (χ3n) is 8.83. The summed E-state index contributed by atoms with van der Waals surface area (Å²) in [6, 6.07) is 0. The van der Waals surface area contributed by atoms with E-state index in [-0.39, 0.29) is 0 Å². The summed E-state index contributed by atoms with van der Waals surface area (Å²) in [6.45, 7) is 9.62. The highest BCUT2D eigenvalue weighted by Gasteiger charge is 2.60. The van der Waals surface area contributed by atoms with Crippen LogP contribution in [-0.4, -0.2) is 17.1 Å². The second kappa shape index (κ2) is 6.05. The van der Waals surface area contributed by atoms with Crippen molar-refractivity contribution in [3.63, 3.8) is 0 Å². The fourth-order valence-corrected chi connectivity index (χ4v) is 7.85. The largest absolute Gasteiger partial charge is 0.375 e. The number of ether oxygens (including phenoxy) is 1. The molecule has 7 atom stereocenters. The van der Waals surface area contributed by atoms with Crippen molar-refractivity contribution in [2.45, 2.75) is 97.7 Å². The van der Waals surface area contributed by atoms with E-state index in [1.165, 1.54) is 62.7 Å². The van der Waals surface area contributed by atoms with Crippen molar-refractivity contribution in [2.75, 3.05) is 0 Å². The second-order valence-electron chi connectivity index (χ2n) is 10.2. The molecule has 0 aromatic heterocycles. The van der Waals surface area contributed by atoms with Gasteiger partial charge in [0.2, 0.25) is 0 Å². The average molecular weight is 349 g/mol. The quantitative estimate of drug-likeness (QED) is 0.550. The molecule has 0 radical (unpaired) electrons. The number of hydrogen-bond acceptors (Lipinski definition) is 2. The lowest BCUT2D eigenvalue weighted by Crippen LogP contribution is -2.54. The Morgan fingerprint density at radius 2 is 1.71 bits per heavy atom. The van der Waals surface area contributed by atoms with Gasteiger partial charge in [0, 0.05) is 0 Å². The van der Waals surface area contributed by atoms with Crippen LogP contribution in [-0.2, 0) is 4.74 Å². The van der Waals surface area contributed by atoms with Gasteiger partial charge in [0.15, 0.2) is 0 Å². The van der Waals surface area contributed by atoms with Gasteiger partial charge in [0.05, 0.1) is 12.2 Å². The molecule has 1 nitrogen and oxygen atoms in total. The highest BCUT2D eigenvalue weighted by molar-refractivity contribution is 7.80. The Balaban J connectivity index is 1.57. The zero-order valence-electron chi connectivity index (χ0n) is 16.1. The molecular formula is C22H36OS. The van der Waals surface area contributed by atoms with Crippen LogP contribution in [0.3, 0.4) is 0 Å². The van der Waals surface area contributed by atoms with Crippen LogP contribution < -0.4 is 0 Å². The Bertz CT molecular complexity index is 514. The number of rotatable bonds is 2. The molecule has 4 rings (SSSR count). The molecule has 0 N–H and O–H groups in total. The molecule has 1 unspecified atom stereocenters. The molecule has 0 amide bonds. The molecular weight excluding hydrogens is 312 g/mol. The fraction of sp³-hybridized carbons (Fsp3) is 0.955. The Labute approximate surface area is 154 Å². The summed E-state index contributed by atoms with van der Waals surface area (Å²) in [4.78, 5) is 1.36. The van der Waals surface area contributed by atoms with E-state index in [4.69, 9.17) is 17.0 Å². The topological polar surface area (TPSA) is 9.23 Å². The normalized spacial score (nSPS) is 51.2. The van der Waals surface area contributed by atoms with Crippen molar-refractivity contribution >= 4 is 17.1 Å². The lowest BCUT2D eigenvalue weighted by Gasteiger charge is -2.60. The average Bonchev–Trinajstić information content (AvgIpc) is 2.84. The summed E-state index contributed by atoms with van der Waals surface area (Å²) in [6.07, 6.45) is 13.1. The molecule has 4 aliphatic carbocycles. The first kappa shape index (κ1) is 17.5. The molecule has 0 aromatic carbocycles. The summed E-state index contributed by atoms with van der Waals surface area (Å²) in [5.74, 6) is 3.70. The van der Waals surface area contributed by atoms with E-state index in [0.717, 1.165) is 23.7 Å². The van der Waals surface area contributed by atoms with Crippen LogP contribution >= 0.6 is 12.2 Å². The van der Waals surface area contributed by atoms with Crippen LogP contribution in [0, 0.1) is 34.5 Å². The van der Waals surface area contributed by atoms with Crippen LogP contribution in [0.4, 0.5) is 0 Å². The van der Waals surface area contributed by atoms with Gasteiger partial charge in [-0.25, -0.2) is 0 Å². The van der Waals surface area contributed by atoms with Crippen LogP contribution in [0.15, 0.2) is 0 Å². The molecule has 2 heteroatoms. The lowest BCUT2D eigenvalue weighted by atomic mass is 9.45. The molecule has 4 fully saturated rings. The van der Waals surface area contributed by atoms with E-state index in [1.807, 2.05) is 0 Å². The van der Waals surface area contributed by atoms with E-state index in [1.54, 1.807) is 0 Å². The maximum Gasteiger partial charge on any atom is 0.0635 e. The van der Waals surface area contributed by atoms with Gasteiger partial charge in [0.25, 0.3) is 0 Å². The monoisotopic (exact) mass is 348 g/mol. The van der Waals surface area contributed by atoms with Crippen molar-refractivity contribution in [1.82, 2.24) is 0 Å². The first-order valence-corrected chi connectivity index (χ1v) is 10.9. The van der Waals surface area contributed by atoms with E-state index in [0.29, 0.717) is 23.0 Å². The van der Waals surface area contributed by atoms with Crippen molar-refractivity contribution in [3.05, 3.63) is 0 Å². The van der Waals surface area contributed by atoms with Crippen LogP contribution in [0.2, 0.25) is 0 Å². The first-order valence-electron chi connectivity index (χ1n) is 10.5. The van der Waals surface area contributed by atoms with Crippen molar-refractivity contribution in [1.29, 1.82) is 0 Å². The van der Waals surface area contributed by atoms with Crippen molar-refractivity contribution in [2.24, 2.45) is 34.5 Å². The molecule has 24 heavy (non-hydrogen) atoms. The van der Waals surface area contributed by atoms with Gasteiger partial charge in [-0.15, -0.1) is 0 Å². The number of thiocarbonyl (C=S) groups is 1. The van der Waals surface area contributed by atoms with Gasteiger partial charge in [0.1, 0.15) is 0 Å². The van der Waals surface area contributed by atoms with E-state index in [2.05, 4.69) is 27.7 Å². The highest BCUT2D eigenvalue weighted by atomic mass is 32.1. The fourth-order valence-electron chi connectivity index (χ4n) is 7.55. The van der Waals surface area contributed by atoms with Crippen molar-refractivity contribution < 1.29 is 4.74 Å². The number of fused-ring (bicyclic) bond motifs is 5. The van der Waals surface area contributed by atoms with Gasteiger partial charge < -0.3 is 4.74 Å². The van der Waals surface area contributed by atoms with Crippen LogP contribution in [0.1, 0.15) is 85.5 Å². The van der Waals surface area contributed by atoms with Gasteiger partial charge >= 0.3 is 0 Å². The molecule has 4 aliphatic rings. The van der Waals surface area contributed by atoms with Gasteiger partial charge in [-0.05, 0) is 111 Å². The summed E-state index contributed by atoms with van der Waals surface area (Å²) in [7, 11) is 0. The maximum atomic E-state index is 6.39. The summed E-state index contributed by atoms with van der Waals surface area (Å²) in [5.41, 5.74) is 1.02. The van der Waals surface area contributed by atoms with Crippen LogP contribution in [0.25, 0.3) is 0 Å². The third-order valence-corrected chi connectivity index (χ3v) is 9.20. The van der Waals surface area contributed by atoms with E-state index < -0.39 is 0 Å². The molecule has 0 saturated heterocycles. The summed E-state index contributed by atoms with van der Waals surface area (Å²) in [5, 5.41) is 0. The molecule has 4 saturated carbocycles. The van der Waals surface area contributed by atoms with Gasteiger partial charge in [-0.3, -0.25) is 0 Å². The van der Waals surface area contributed by atoms with Crippen molar-refractivity contribution in [3.8, 4) is 0 Å². The number of hydrogen-bond donors (Lipinski definition) is 0. The standard InChI is InChI=1S/C22H36OS/c1-14(2)23-20-8-7-18-17-6-5-15-13-16(24)9-11-21(15,3)19(17)10-12-22(18,20)4/h14-15,17-20H,5-13H2,1-4H3/t15?,17-,18-,19-,20-,21-,22-/m0/s1. The SMILES string of the molecule is CC(C)O[C@H]1CC[C@H]2[C@@H]3CCC4CC(=S)CC[C@]4(C)[C@H]3CC[C@]12C. The molecule has 0 bridgehead atoms. The lowest BCUT2D eigenvalue weighted by molar-refractivity contribution is -0.132. The van der Waals surface area contributed by atoms with E-state index in [9.17, 15) is 0 Å². The summed E-state index contributed by atoms with van der Waals surface area (Å²) >= 11 is 5.60. The van der Waals surface area contributed by atoms with Gasteiger partial charge in [-0.2, -0.15) is 0 Å². The minimum atomic E-state index is 0.371. The summed E-state index contributed by atoms with van der Waals surface area (Å²) < 4.78 is 6.39.